The van der Waals surface area contributed by atoms with Crippen molar-refractivity contribution in [2.24, 2.45) is 17.8 Å². The van der Waals surface area contributed by atoms with Crippen LogP contribution in [-0.4, -0.2) is 24.4 Å². The maximum absolute atomic E-state index is 9.69. The number of hydrogen-bond donors (Lipinski definition) is 1. The molecule has 78 valence electrons. The summed E-state index contributed by atoms with van der Waals surface area (Å²) < 4.78 is 5.33. The predicted octanol–water partition coefficient (Wildman–Crippen LogP) is 2.07. The van der Waals surface area contributed by atoms with E-state index < -0.39 is 0 Å². The van der Waals surface area contributed by atoms with Gasteiger partial charge in [0.15, 0.2) is 0 Å². The first-order chi connectivity index (χ1) is 6.13. The van der Waals surface area contributed by atoms with Gasteiger partial charge in [0.05, 0.1) is 6.10 Å². The molecule has 0 spiro atoms. The second-order valence-electron chi connectivity index (χ2n) is 4.51. The summed E-state index contributed by atoms with van der Waals surface area (Å²) in [6.07, 6.45) is 2.06. The van der Waals surface area contributed by atoms with Crippen LogP contribution in [0.2, 0.25) is 0 Å². The molecule has 0 aromatic rings. The third kappa shape index (κ3) is 2.96. The van der Waals surface area contributed by atoms with Crippen LogP contribution in [0.15, 0.2) is 0 Å². The van der Waals surface area contributed by atoms with Crippen LogP contribution in [0.25, 0.3) is 0 Å². The van der Waals surface area contributed by atoms with Crippen molar-refractivity contribution >= 4 is 0 Å². The molecule has 0 aliphatic carbocycles. The zero-order valence-electron chi connectivity index (χ0n) is 8.99. The summed E-state index contributed by atoms with van der Waals surface area (Å²) in [5, 5.41) is 9.69. The minimum absolute atomic E-state index is 0.178. The molecule has 1 aliphatic heterocycles. The van der Waals surface area contributed by atoms with E-state index in [2.05, 4.69) is 13.8 Å². The van der Waals surface area contributed by atoms with Gasteiger partial charge in [-0.1, -0.05) is 13.8 Å². The highest BCUT2D eigenvalue weighted by atomic mass is 16.5. The Morgan fingerprint density at radius 1 is 1.15 bits per heavy atom. The topological polar surface area (TPSA) is 29.5 Å². The van der Waals surface area contributed by atoms with Crippen LogP contribution >= 0.6 is 0 Å². The van der Waals surface area contributed by atoms with Crippen LogP contribution in [-0.2, 0) is 4.74 Å². The largest absolute Gasteiger partial charge is 0.393 e. The Morgan fingerprint density at radius 2 is 1.69 bits per heavy atom. The van der Waals surface area contributed by atoms with E-state index in [-0.39, 0.29) is 6.10 Å². The quantitative estimate of drug-likeness (QED) is 0.731. The Morgan fingerprint density at radius 3 is 2.08 bits per heavy atom. The smallest absolute Gasteiger partial charge is 0.0545 e. The number of ether oxygens (including phenoxy) is 1. The van der Waals surface area contributed by atoms with E-state index in [0.29, 0.717) is 17.8 Å². The third-order valence-electron chi connectivity index (χ3n) is 3.14. The van der Waals surface area contributed by atoms with Crippen molar-refractivity contribution in [3.8, 4) is 0 Å². The second-order valence-corrected chi connectivity index (χ2v) is 4.51. The van der Waals surface area contributed by atoms with Crippen molar-refractivity contribution in [3.05, 3.63) is 0 Å². The Labute approximate surface area is 81.3 Å². The van der Waals surface area contributed by atoms with Crippen molar-refractivity contribution in [1.82, 2.24) is 0 Å². The SMILES string of the molecule is CC(C)C(C(C)O)C1CCOCC1. The minimum atomic E-state index is -0.178. The first kappa shape index (κ1) is 11.0. The first-order valence-corrected chi connectivity index (χ1v) is 5.38. The number of aliphatic hydroxyl groups is 1. The van der Waals surface area contributed by atoms with Crippen LogP contribution in [0.3, 0.4) is 0 Å². The lowest BCUT2D eigenvalue weighted by molar-refractivity contribution is -0.00645. The Bertz CT molecular complexity index is 129. The van der Waals surface area contributed by atoms with Gasteiger partial charge in [-0.15, -0.1) is 0 Å². The average molecular weight is 186 g/mol. The zero-order chi connectivity index (χ0) is 9.84. The second kappa shape index (κ2) is 4.97. The van der Waals surface area contributed by atoms with Crippen LogP contribution in [0.4, 0.5) is 0 Å². The fraction of sp³-hybridized carbons (Fsp3) is 1.00. The molecular weight excluding hydrogens is 164 g/mol. The van der Waals surface area contributed by atoms with Crippen molar-refractivity contribution in [2.75, 3.05) is 13.2 Å². The molecule has 1 heterocycles. The summed E-state index contributed by atoms with van der Waals surface area (Å²) in [7, 11) is 0. The lowest BCUT2D eigenvalue weighted by Crippen LogP contribution is -2.33. The van der Waals surface area contributed by atoms with E-state index in [1.807, 2.05) is 6.92 Å². The van der Waals surface area contributed by atoms with Crippen molar-refractivity contribution in [2.45, 2.75) is 39.7 Å². The molecule has 0 aromatic carbocycles. The fourth-order valence-corrected chi connectivity index (χ4v) is 2.60. The highest BCUT2D eigenvalue weighted by molar-refractivity contribution is 4.78. The van der Waals surface area contributed by atoms with Crippen molar-refractivity contribution in [3.63, 3.8) is 0 Å². The summed E-state index contributed by atoms with van der Waals surface area (Å²) in [6, 6.07) is 0. The summed E-state index contributed by atoms with van der Waals surface area (Å²) in [4.78, 5) is 0. The van der Waals surface area contributed by atoms with Gasteiger partial charge in [-0.2, -0.15) is 0 Å². The molecule has 2 nitrogen and oxygen atoms in total. The highest BCUT2D eigenvalue weighted by Gasteiger charge is 2.29. The Hall–Kier alpha value is -0.0800. The van der Waals surface area contributed by atoms with Gasteiger partial charge in [0.2, 0.25) is 0 Å². The molecular formula is C11H22O2. The van der Waals surface area contributed by atoms with Gasteiger partial charge in [0.1, 0.15) is 0 Å². The molecule has 0 amide bonds. The van der Waals surface area contributed by atoms with Gasteiger partial charge in [-0.25, -0.2) is 0 Å². The molecule has 0 bridgehead atoms. The summed E-state index contributed by atoms with van der Waals surface area (Å²) in [5.74, 6) is 1.68. The summed E-state index contributed by atoms with van der Waals surface area (Å²) in [6.45, 7) is 8.07. The molecule has 1 rings (SSSR count). The molecule has 2 atom stereocenters. The Kier molecular flexibility index (Phi) is 4.20. The zero-order valence-corrected chi connectivity index (χ0v) is 8.99. The normalized spacial score (nSPS) is 24.7. The van der Waals surface area contributed by atoms with Gasteiger partial charge in [0, 0.05) is 13.2 Å². The van der Waals surface area contributed by atoms with Crippen LogP contribution in [0, 0.1) is 17.8 Å². The van der Waals surface area contributed by atoms with Crippen LogP contribution in [0.1, 0.15) is 33.6 Å². The molecule has 1 saturated heterocycles. The van der Waals surface area contributed by atoms with Crippen LogP contribution < -0.4 is 0 Å². The van der Waals surface area contributed by atoms with Gasteiger partial charge in [-0.05, 0) is 37.5 Å². The minimum Gasteiger partial charge on any atom is -0.393 e. The molecule has 1 aliphatic rings. The monoisotopic (exact) mass is 186 g/mol. The molecule has 2 heteroatoms. The number of hydrogen-bond acceptors (Lipinski definition) is 2. The molecule has 0 aromatic heterocycles. The first-order valence-electron chi connectivity index (χ1n) is 5.38. The maximum atomic E-state index is 9.69. The summed E-state index contributed by atoms with van der Waals surface area (Å²) in [5.41, 5.74) is 0. The third-order valence-corrected chi connectivity index (χ3v) is 3.14. The van der Waals surface area contributed by atoms with E-state index in [0.717, 1.165) is 26.1 Å². The fourth-order valence-electron chi connectivity index (χ4n) is 2.60. The number of rotatable bonds is 3. The lowest BCUT2D eigenvalue weighted by Gasteiger charge is -2.34. The molecule has 0 radical (unpaired) electrons. The molecule has 2 unspecified atom stereocenters. The van der Waals surface area contributed by atoms with E-state index in [4.69, 9.17) is 4.74 Å². The highest BCUT2D eigenvalue weighted by Crippen LogP contribution is 2.31. The maximum Gasteiger partial charge on any atom is 0.0545 e. The predicted molar refractivity (Wildman–Crippen MR) is 53.6 cm³/mol. The van der Waals surface area contributed by atoms with Gasteiger partial charge < -0.3 is 9.84 Å². The van der Waals surface area contributed by atoms with Crippen molar-refractivity contribution < 1.29 is 9.84 Å². The van der Waals surface area contributed by atoms with E-state index in [1.54, 1.807) is 0 Å². The van der Waals surface area contributed by atoms with E-state index in [9.17, 15) is 5.11 Å². The summed E-state index contributed by atoms with van der Waals surface area (Å²) >= 11 is 0. The molecule has 0 saturated carbocycles. The Balaban J connectivity index is 2.52. The molecule has 1 N–H and O–H groups in total. The van der Waals surface area contributed by atoms with E-state index >= 15 is 0 Å². The number of aliphatic hydroxyl groups excluding tert-OH is 1. The molecule has 13 heavy (non-hydrogen) atoms. The van der Waals surface area contributed by atoms with E-state index in [1.165, 1.54) is 0 Å². The molecule has 1 fully saturated rings. The standard InChI is InChI=1S/C11H22O2/c1-8(2)11(9(3)12)10-4-6-13-7-5-10/h8-12H,4-7H2,1-3H3. The van der Waals surface area contributed by atoms with Gasteiger partial charge in [-0.3, -0.25) is 0 Å². The van der Waals surface area contributed by atoms with Gasteiger partial charge >= 0.3 is 0 Å². The van der Waals surface area contributed by atoms with Crippen molar-refractivity contribution in [1.29, 1.82) is 0 Å². The lowest BCUT2D eigenvalue weighted by atomic mass is 9.76. The average Bonchev–Trinajstić information content (AvgIpc) is 2.04. The van der Waals surface area contributed by atoms with Crippen LogP contribution in [0.5, 0.6) is 0 Å². The van der Waals surface area contributed by atoms with Gasteiger partial charge in [0.25, 0.3) is 0 Å².